The van der Waals surface area contributed by atoms with Crippen LogP contribution in [-0.2, 0) is 11.3 Å². The van der Waals surface area contributed by atoms with Crippen LogP contribution in [-0.4, -0.2) is 30.4 Å². The van der Waals surface area contributed by atoms with Crippen LogP contribution in [0.15, 0.2) is 72.8 Å². The Morgan fingerprint density at radius 2 is 1.68 bits per heavy atom. The lowest BCUT2D eigenvalue weighted by molar-refractivity contribution is 0.0516. The molecule has 1 fully saturated rings. The largest absolute Gasteiger partial charge is 0.494 e. The Morgan fingerprint density at radius 1 is 0.919 bits per heavy atom. The van der Waals surface area contributed by atoms with Gasteiger partial charge in [0.15, 0.2) is 0 Å². The van der Waals surface area contributed by atoms with Crippen LogP contribution in [0.5, 0.6) is 11.5 Å². The number of aromatic nitrogens is 1. The number of esters is 1. The smallest absolute Gasteiger partial charge is 0.355 e. The number of benzene rings is 3. The van der Waals surface area contributed by atoms with Gasteiger partial charge in [0.2, 0.25) is 0 Å². The summed E-state index contributed by atoms with van der Waals surface area (Å²) < 4.78 is 19.7. The van der Waals surface area contributed by atoms with Gasteiger partial charge in [-0.2, -0.15) is 0 Å². The average Bonchev–Trinajstić information content (AvgIpc) is 3.70. The molecule has 0 bridgehead atoms. The van der Waals surface area contributed by atoms with Crippen molar-refractivity contribution in [3.63, 3.8) is 0 Å². The Balaban J connectivity index is 1.63. The Hall–Kier alpha value is -3.73. The molecular weight excluding hydrogens is 462 g/mol. The molecule has 0 unspecified atom stereocenters. The summed E-state index contributed by atoms with van der Waals surface area (Å²) in [4.78, 5) is 13.5. The summed E-state index contributed by atoms with van der Waals surface area (Å²) in [6.45, 7) is 6.29. The summed E-state index contributed by atoms with van der Waals surface area (Å²) >= 11 is 0. The van der Waals surface area contributed by atoms with E-state index in [1.807, 2.05) is 55.5 Å². The van der Waals surface area contributed by atoms with Crippen LogP contribution in [0.3, 0.4) is 0 Å². The van der Waals surface area contributed by atoms with Gasteiger partial charge in [-0.3, -0.25) is 0 Å². The van der Waals surface area contributed by atoms with Gasteiger partial charge in [0.1, 0.15) is 17.2 Å². The molecule has 1 aliphatic rings. The third-order valence-electron chi connectivity index (χ3n) is 6.78. The topological polar surface area (TPSA) is 49.7 Å². The maximum Gasteiger partial charge on any atom is 0.355 e. The number of rotatable bonds is 12. The van der Waals surface area contributed by atoms with E-state index < -0.39 is 0 Å². The van der Waals surface area contributed by atoms with Crippen molar-refractivity contribution in [1.82, 2.24) is 4.57 Å². The van der Waals surface area contributed by atoms with Crippen LogP contribution in [0.4, 0.5) is 0 Å². The minimum absolute atomic E-state index is 0.310. The third-order valence-corrected chi connectivity index (χ3v) is 6.78. The fourth-order valence-electron chi connectivity index (χ4n) is 4.61. The van der Waals surface area contributed by atoms with Gasteiger partial charge in [-0.25, -0.2) is 4.79 Å². The normalized spacial score (nSPS) is 13.0. The number of carbonyl (C=O) groups excluding carboxylic acids is 1. The van der Waals surface area contributed by atoms with Crippen LogP contribution < -0.4 is 9.47 Å². The van der Waals surface area contributed by atoms with E-state index in [1.54, 1.807) is 0 Å². The Morgan fingerprint density at radius 3 is 2.38 bits per heavy atom. The fourth-order valence-corrected chi connectivity index (χ4v) is 4.61. The predicted octanol–water partition coefficient (Wildman–Crippen LogP) is 7.50. The lowest BCUT2D eigenvalue weighted by atomic mass is 10.0. The molecular formula is C32H35NO4. The zero-order chi connectivity index (χ0) is 25.6. The first-order valence-corrected chi connectivity index (χ1v) is 13.4. The number of hydrogen-bond donors (Lipinski definition) is 0. The second-order valence-electron chi connectivity index (χ2n) is 9.68. The molecule has 0 spiro atoms. The van der Waals surface area contributed by atoms with E-state index >= 15 is 0 Å². The summed E-state index contributed by atoms with van der Waals surface area (Å²) in [6, 6.07) is 24.4. The lowest BCUT2D eigenvalue weighted by Gasteiger charge is -2.12. The highest BCUT2D eigenvalue weighted by atomic mass is 16.5. The standard InChI is InChI=1S/C32H35NO4/c1-3-5-19-36-27-17-18-29-28(20-27)30(25-13-15-26(16-14-25)37-22-24-11-12-24)31(32(34)35-4-2)33(29)21-23-9-7-6-8-10-23/h6-10,13-18,20,24H,3-5,11-12,19,21-22H2,1-2H3. The predicted molar refractivity (Wildman–Crippen MR) is 147 cm³/mol. The molecule has 0 saturated heterocycles. The SMILES string of the molecule is CCCCOc1ccc2c(c1)c(-c1ccc(OCC3CC3)cc1)c(C(=O)OCC)n2Cc1ccccc1. The molecule has 4 aromatic rings. The van der Waals surface area contributed by atoms with Gasteiger partial charge in [0.25, 0.3) is 0 Å². The molecule has 0 amide bonds. The quantitative estimate of drug-likeness (QED) is 0.150. The van der Waals surface area contributed by atoms with Crippen molar-refractivity contribution in [2.75, 3.05) is 19.8 Å². The van der Waals surface area contributed by atoms with Crippen molar-refractivity contribution in [2.45, 2.75) is 46.1 Å². The van der Waals surface area contributed by atoms with E-state index in [9.17, 15) is 4.79 Å². The van der Waals surface area contributed by atoms with Gasteiger partial charge in [0.05, 0.1) is 19.8 Å². The fraction of sp³-hybridized carbons (Fsp3) is 0.344. The Kier molecular flexibility index (Phi) is 7.79. The molecule has 0 aliphatic heterocycles. The van der Waals surface area contributed by atoms with Crippen molar-refractivity contribution >= 4 is 16.9 Å². The Labute approximate surface area is 219 Å². The van der Waals surface area contributed by atoms with Crippen molar-refractivity contribution in [2.24, 2.45) is 5.92 Å². The zero-order valence-electron chi connectivity index (χ0n) is 21.7. The Bertz CT molecular complexity index is 1340. The van der Waals surface area contributed by atoms with Crippen LogP contribution in [0, 0.1) is 5.92 Å². The van der Waals surface area contributed by atoms with Crippen molar-refractivity contribution < 1.29 is 19.0 Å². The molecule has 5 heteroatoms. The minimum Gasteiger partial charge on any atom is -0.494 e. The number of hydrogen-bond acceptors (Lipinski definition) is 4. The first-order chi connectivity index (χ1) is 18.2. The zero-order valence-corrected chi connectivity index (χ0v) is 21.7. The minimum atomic E-state index is -0.327. The second kappa shape index (κ2) is 11.5. The molecule has 3 aromatic carbocycles. The van der Waals surface area contributed by atoms with Gasteiger partial charge in [-0.05, 0) is 73.6 Å². The molecule has 5 nitrogen and oxygen atoms in total. The van der Waals surface area contributed by atoms with Crippen molar-refractivity contribution in [3.8, 4) is 22.6 Å². The molecule has 1 heterocycles. The maximum absolute atomic E-state index is 13.5. The molecule has 1 aromatic heterocycles. The number of ether oxygens (including phenoxy) is 3. The highest BCUT2D eigenvalue weighted by Crippen LogP contribution is 2.39. The molecule has 1 aliphatic carbocycles. The molecule has 0 N–H and O–H groups in total. The first kappa shape index (κ1) is 24.9. The highest BCUT2D eigenvalue weighted by molar-refractivity contribution is 6.09. The molecule has 5 rings (SSSR count). The monoisotopic (exact) mass is 497 g/mol. The van der Waals surface area contributed by atoms with E-state index in [-0.39, 0.29) is 5.97 Å². The summed E-state index contributed by atoms with van der Waals surface area (Å²) in [5, 5.41) is 0.972. The van der Waals surface area contributed by atoms with E-state index in [4.69, 9.17) is 14.2 Å². The van der Waals surface area contributed by atoms with E-state index in [1.165, 1.54) is 12.8 Å². The summed E-state index contributed by atoms with van der Waals surface area (Å²) in [7, 11) is 0. The van der Waals surface area contributed by atoms with E-state index in [0.717, 1.165) is 58.5 Å². The van der Waals surface area contributed by atoms with E-state index in [2.05, 4.69) is 35.8 Å². The number of unbranched alkanes of at least 4 members (excludes halogenated alkanes) is 1. The molecule has 37 heavy (non-hydrogen) atoms. The number of fused-ring (bicyclic) bond motifs is 1. The summed E-state index contributed by atoms with van der Waals surface area (Å²) in [5.74, 6) is 2.02. The summed E-state index contributed by atoms with van der Waals surface area (Å²) in [5.41, 5.74) is 4.45. The highest BCUT2D eigenvalue weighted by Gasteiger charge is 2.26. The van der Waals surface area contributed by atoms with Gasteiger partial charge < -0.3 is 18.8 Å². The summed E-state index contributed by atoms with van der Waals surface area (Å²) in [6.07, 6.45) is 4.58. The lowest BCUT2D eigenvalue weighted by Crippen LogP contribution is -2.14. The van der Waals surface area contributed by atoms with Gasteiger partial charge in [-0.1, -0.05) is 55.8 Å². The van der Waals surface area contributed by atoms with Crippen LogP contribution in [0.1, 0.15) is 55.6 Å². The van der Waals surface area contributed by atoms with Crippen LogP contribution in [0.25, 0.3) is 22.0 Å². The molecule has 192 valence electrons. The van der Waals surface area contributed by atoms with Gasteiger partial charge in [0, 0.05) is 23.0 Å². The number of carbonyl (C=O) groups is 1. The maximum atomic E-state index is 13.5. The van der Waals surface area contributed by atoms with Crippen molar-refractivity contribution in [3.05, 3.63) is 84.1 Å². The molecule has 0 radical (unpaired) electrons. The van der Waals surface area contributed by atoms with Gasteiger partial charge >= 0.3 is 5.97 Å². The third kappa shape index (κ3) is 5.82. The van der Waals surface area contributed by atoms with Gasteiger partial charge in [-0.15, -0.1) is 0 Å². The van der Waals surface area contributed by atoms with Crippen molar-refractivity contribution in [1.29, 1.82) is 0 Å². The van der Waals surface area contributed by atoms with E-state index in [0.29, 0.717) is 31.4 Å². The average molecular weight is 498 g/mol. The first-order valence-electron chi connectivity index (χ1n) is 13.4. The second-order valence-corrected chi connectivity index (χ2v) is 9.68. The number of nitrogens with zero attached hydrogens (tertiary/aromatic N) is 1. The van der Waals surface area contributed by atoms with Crippen LogP contribution in [0.2, 0.25) is 0 Å². The molecule has 0 atom stereocenters. The van der Waals surface area contributed by atoms with Crippen LogP contribution >= 0.6 is 0 Å². The molecule has 1 saturated carbocycles.